The molecule has 1 aromatic carbocycles. The molecule has 1 aliphatic rings. The molecule has 1 fully saturated rings. The molecule has 1 aliphatic heterocycles. The number of carbonyl (C=O) groups is 1. The average Bonchev–Trinajstić information content (AvgIpc) is 2.52. The van der Waals surface area contributed by atoms with Gasteiger partial charge in [0.15, 0.2) is 9.84 Å². The molecule has 1 heterocycles. The Kier molecular flexibility index (Phi) is 3.57. The molecule has 0 aromatic heterocycles. The van der Waals surface area contributed by atoms with Gasteiger partial charge in [-0.1, -0.05) is 11.6 Å². The van der Waals surface area contributed by atoms with Crippen LogP contribution < -0.4 is 5.32 Å². The molecule has 0 saturated carbocycles. The number of benzene rings is 1. The fourth-order valence-corrected chi connectivity index (χ4v) is 4.38. The van der Waals surface area contributed by atoms with Gasteiger partial charge in [-0.3, -0.25) is 4.79 Å². The highest BCUT2D eigenvalue weighted by atomic mass is 35.5. The minimum absolute atomic E-state index is 0.0346. The predicted octanol–water partition coefficient (Wildman–Crippen LogP) is 1.79. The Morgan fingerprint density at radius 1 is 1.47 bits per heavy atom. The second-order valence-electron chi connectivity index (χ2n) is 4.98. The molecular weight excluding hydrogens is 293 g/mol. The summed E-state index contributed by atoms with van der Waals surface area (Å²) < 4.78 is 36.5. The summed E-state index contributed by atoms with van der Waals surface area (Å²) in [7, 11) is -3.13. The van der Waals surface area contributed by atoms with E-state index in [4.69, 9.17) is 11.6 Å². The Labute approximate surface area is 115 Å². The van der Waals surface area contributed by atoms with E-state index in [1.54, 1.807) is 6.92 Å². The van der Waals surface area contributed by atoms with E-state index in [-0.39, 0.29) is 22.1 Å². The first kappa shape index (κ1) is 14.3. The van der Waals surface area contributed by atoms with Crippen LogP contribution in [0.15, 0.2) is 18.2 Å². The van der Waals surface area contributed by atoms with E-state index in [2.05, 4.69) is 5.32 Å². The third kappa shape index (κ3) is 3.25. The van der Waals surface area contributed by atoms with E-state index in [1.807, 2.05) is 0 Å². The van der Waals surface area contributed by atoms with Crippen LogP contribution in [-0.2, 0) is 9.84 Å². The molecule has 1 amide bonds. The van der Waals surface area contributed by atoms with Crippen molar-refractivity contribution in [1.82, 2.24) is 5.32 Å². The zero-order valence-electron chi connectivity index (χ0n) is 10.2. The molecule has 104 valence electrons. The second kappa shape index (κ2) is 4.76. The molecule has 1 saturated heterocycles. The number of rotatable bonds is 2. The van der Waals surface area contributed by atoms with Crippen LogP contribution in [0.1, 0.15) is 23.7 Å². The number of halogens is 2. The molecule has 1 N–H and O–H groups in total. The molecule has 0 aliphatic carbocycles. The molecule has 2 rings (SSSR count). The molecule has 0 spiro atoms. The predicted molar refractivity (Wildman–Crippen MR) is 70.6 cm³/mol. The van der Waals surface area contributed by atoms with Gasteiger partial charge >= 0.3 is 0 Å². The first-order valence-corrected chi connectivity index (χ1v) is 7.89. The second-order valence-corrected chi connectivity index (χ2v) is 7.60. The maximum absolute atomic E-state index is 13.6. The molecule has 0 bridgehead atoms. The largest absolute Gasteiger partial charge is 0.346 e. The highest BCUT2D eigenvalue weighted by molar-refractivity contribution is 7.91. The zero-order valence-corrected chi connectivity index (χ0v) is 11.8. The van der Waals surface area contributed by atoms with E-state index < -0.39 is 27.1 Å². The highest BCUT2D eigenvalue weighted by Crippen LogP contribution is 2.24. The summed E-state index contributed by atoms with van der Waals surface area (Å²) in [6, 6.07) is 3.73. The lowest BCUT2D eigenvalue weighted by Gasteiger charge is -2.24. The van der Waals surface area contributed by atoms with Gasteiger partial charge in [0, 0.05) is 5.02 Å². The number of sulfone groups is 1. The van der Waals surface area contributed by atoms with Gasteiger partial charge in [-0.05, 0) is 31.5 Å². The van der Waals surface area contributed by atoms with Crippen molar-refractivity contribution in [2.45, 2.75) is 18.9 Å². The van der Waals surface area contributed by atoms with E-state index in [0.717, 1.165) is 6.07 Å². The van der Waals surface area contributed by atoms with Gasteiger partial charge in [-0.2, -0.15) is 0 Å². The number of nitrogens with one attached hydrogen (secondary N) is 1. The average molecular weight is 306 g/mol. The quantitative estimate of drug-likeness (QED) is 0.906. The standard InChI is InChI=1S/C12H13ClFNO3S/c1-12(4-5-19(17,18)7-12)15-11(16)9-3-2-8(13)6-10(9)14/h2-3,6H,4-5,7H2,1H3,(H,15,16). The van der Waals surface area contributed by atoms with Gasteiger partial charge in [0.25, 0.3) is 5.91 Å². The van der Waals surface area contributed by atoms with E-state index in [1.165, 1.54) is 12.1 Å². The van der Waals surface area contributed by atoms with E-state index in [9.17, 15) is 17.6 Å². The highest BCUT2D eigenvalue weighted by Gasteiger charge is 2.39. The Morgan fingerprint density at radius 3 is 2.68 bits per heavy atom. The summed E-state index contributed by atoms with van der Waals surface area (Å²) in [5.74, 6) is -1.45. The first-order chi connectivity index (χ1) is 8.71. The normalized spacial score (nSPS) is 25.2. The van der Waals surface area contributed by atoms with Crippen LogP contribution in [0.3, 0.4) is 0 Å². The Bertz CT molecular complexity index is 632. The van der Waals surface area contributed by atoms with Crippen LogP contribution in [-0.4, -0.2) is 31.4 Å². The topological polar surface area (TPSA) is 63.2 Å². The molecule has 19 heavy (non-hydrogen) atoms. The van der Waals surface area contributed by atoms with Crippen molar-refractivity contribution in [3.05, 3.63) is 34.6 Å². The third-order valence-electron chi connectivity index (χ3n) is 3.09. The van der Waals surface area contributed by atoms with Crippen molar-refractivity contribution in [1.29, 1.82) is 0 Å². The van der Waals surface area contributed by atoms with Crippen molar-refractivity contribution in [2.24, 2.45) is 0 Å². The van der Waals surface area contributed by atoms with Crippen LogP contribution in [0.4, 0.5) is 4.39 Å². The zero-order chi connectivity index (χ0) is 14.3. The van der Waals surface area contributed by atoms with Crippen LogP contribution in [0.25, 0.3) is 0 Å². The van der Waals surface area contributed by atoms with Gasteiger partial charge in [0.05, 0.1) is 22.6 Å². The van der Waals surface area contributed by atoms with Gasteiger partial charge in [-0.25, -0.2) is 12.8 Å². The minimum atomic E-state index is -3.13. The van der Waals surface area contributed by atoms with Gasteiger partial charge in [0.1, 0.15) is 5.82 Å². The van der Waals surface area contributed by atoms with Crippen molar-refractivity contribution in [3.8, 4) is 0 Å². The number of amides is 1. The van der Waals surface area contributed by atoms with Crippen molar-refractivity contribution in [3.63, 3.8) is 0 Å². The molecule has 4 nitrogen and oxygen atoms in total. The van der Waals surface area contributed by atoms with Crippen molar-refractivity contribution in [2.75, 3.05) is 11.5 Å². The molecule has 1 unspecified atom stereocenters. The Morgan fingerprint density at radius 2 is 2.16 bits per heavy atom. The number of carbonyl (C=O) groups excluding carboxylic acids is 1. The number of hydrogen-bond donors (Lipinski definition) is 1. The van der Waals surface area contributed by atoms with Crippen molar-refractivity contribution >= 4 is 27.3 Å². The lowest BCUT2D eigenvalue weighted by Crippen LogP contribution is -2.47. The van der Waals surface area contributed by atoms with Gasteiger partial charge in [-0.15, -0.1) is 0 Å². The fourth-order valence-electron chi connectivity index (χ4n) is 2.12. The minimum Gasteiger partial charge on any atom is -0.346 e. The SMILES string of the molecule is CC1(NC(=O)c2ccc(Cl)cc2F)CCS(=O)(=O)C1. The summed E-state index contributed by atoms with van der Waals surface area (Å²) >= 11 is 5.61. The van der Waals surface area contributed by atoms with E-state index in [0.29, 0.717) is 6.42 Å². The molecule has 0 radical (unpaired) electrons. The molecular formula is C12H13ClFNO3S. The lowest BCUT2D eigenvalue weighted by atomic mass is 10.0. The smallest absolute Gasteiger partial charge is 0.254 e. The van der Waals surface area contributed by atoms with Gasteiger partial charge < -0.3 is 5.32 Å². The maximum atomic E-state index is 13.6. The summed E-state index contributed by atoms with van der Waals surface area (Å²) in [5, 5.41) is 2.78. The Hall–Kier alpha value is -1.14. The van der Waals surface area contributed by atoms with E-state index >= 15 is 0 Å². The van der Waals surface area contributed by atoms with Gasteiger partial charge in [0.2, 0.25) is 0 Å². The summed E-state index contributed by atoms with van der Waals surface area (Å²) in [5.41, 5.74) is -0.989. The summed E-state index contributed by atoms with van der Waals surface area (Å²) in [6.45, 7) is 1.64. The molecule has 1 atom stereocenters. The van der Waals surface area contributed by atoms with Crippen LogP contribution in [0.2, 0.25) is 5.02 Å². The monoisotopic (exact) mass is 305 g/mol. The molecule has 1 aromatic rings. The fraction of sp³-hybridized carbons (Fsp3) is 0.417. The van der Waals surface area contributed by atoms with Crippen LogP contribution in [0.5, 0.6) is 0 Å². The molecule has 7 heteroatoms. The Balaban J connectivity index is 2.18. The van der Waals surface area contributed by atoms with Crippen LogP contribution in [0, 0.1) is 5.82 Å². The van der Waals surface area contributed by atoms with Crippen molar-refractivity contribution < 1.29 is 17.6 Å². The lowest BCUT2D eigenvalue weighted by molar-refractivity contribution is 0.0911. The first-order valence-electron chi connectivity index (χ1n) is 5.69. The summed E-state index contributed by atoms with van der Waals surface area (Å²) in [6.07, 6.45) is 0.330. The summed E-state index contributed by atoms with van der Waals surface area (Å²) in [4.78, 5) is 12.0. The third-order valence-corrected chi connectivity index (χ3v) is 5.23. The van der Waals surface area contributed by atoms with Crippen LogP contribution >= 0.6 is 11.6 Å². The number of hydrogen-bond acceptors (Lipinski definition) is 3. The maximum Gasteiger partial charge on any atom is 0.254 e.